The summed E-state index contributed by atoms with van der Waals surface area (Å²) in [6.45, 7) is 0. The van der Waals surface area contributed by atoms with Crippen LogP contribution in [0.1, 0.15) is 15.4 Å². The fourth-order valence-electron chi connectivity index (χ4n) is 1.77. The van der Waals surface area contributed by atoms with Gasteiger partial charge in [-0.15, -0.1) is 11.3 Å². The summed E-state index contributed by atoms with van der Waals surface area (Å²) in [6.07, 6.45) is 3.61. The lowest BCUT2D eigenvalue weighted by Crippen LogP contribution is -2.02. The van der Waals surface area contributed by atoms with Gasteiger partial charge in [-0.2, -0.15) is 0 Å². The molecule has 0 amide bonds. The van der Waals surface area contributed by atoms with Crippen molar-refractivity contribution < 1.29 is 4.79 Å². The highest BCUT2D eigenvalue weighted by molar-refractivity contribution is 7.18. The molecule has 1 aromatic carbocycles. The third-order valence-corrected chi connectivity index (χ3v) is 3.69. The molecule has 3 rings (SSSR count). The average Bonchev–Trinajstić information content (AvgIpc) is 2.82. The molecule has 0 bridgehead atoms. The summed E-state index contributed by atoms with van der Waals surface area (Å²) in [5.74, 6) is 0.0801. The molecule has 0 radical (unpaired) electrons. The molecular weight excluding hydrogens is 244 g/mol. The Kier molecular flexibility index (Phi) is 2.86. The number of Topliss-reactive ketones (excluding diaryl/α,β-unsaturated/α-hetero) is 1. The zero-order chi connectivity index (χ0) is 12.4. The summed E-state index contributed by atoms with van der Waals surface area (Å²) in [7, 11) is 0. The molecule has 2 heterocycles. The van der Waals surface area contributed by atoms with Crippen LogP contribution >= 0.6 is 11.3 Å². The number of benzene rings is 1. The first-order chi connectivity index (χ1) is 8.83. The molecular formula is C14H10N2OS. The number of hydrogen-bond donors (Lipinski definition) is 0. The summed E-state index contributed by atoms with van der Waals surface area (Å²) in [6, 6.07) is 11.4. The van der Waals surface area contributed by atoms with Crippen LogP contribution in [0, 0.1) is 0 Å². The second-order valence-electron chi connectivity index (χ2n) is 3.91. The van der Waals surface area contributed by atoms with Crippen molar-refractivity contribution >= 4 is 27.3 Å². The first-order valence-electron chi connectivity index (χ1n) is 5.60. The van der Waals surface area contributed by atoms with Crippen molar-refractivity contribution in [1.29, 1.82) is 0 Å². The molecule has 3 aromatic rings. The summed E-state index contributed by atoms with van der Waals surface area (Å²) < 4.78 is 1.12. The quantitative estimate of drug-likeness (QED) is 0.674. The average molecular weight is 254 g/mol. The van der Waals surface area contributed by atoms with Gasteiger partial charge in [0, 0.05) is 18.0 Å². The van der Waals surface area contributed by atoms with E-state index in [4.69, 9.17) is 0 Å². The maximum Gasteiger partial charge on any atom is 0.169 e. The van der Waals surface area contributed by atoms with E-state index in [9.17, 15) is 4.79 Å². The molecule has 0 aliphatic rings. The fourth-order valence-corrected chi connectivity index (χ4v) is 2.74. The number of hydrogen-bond acceptors (Lipinski definition) is 4. The fraction of sp³-hybridized carbons (Fsp3) is 0.0714. The normalized spacial score (nSPS) is 10.7. The third-order valence-electron chi connectivity index (χ3n) is 2.65. The van der Waals surface area contributed by atoms with Crippen molar-refractivity contribution in [1.82, 2.24) is 9.97 Å². The molecule has 18 heavy (non-hydrogen) atoms. The number of rotatable bonds is 3. The molecule has 0 aliphatic carbocycles. The molecule has 88 valence electrons. The highest BCUT2D eigenvalue weighted by atomic mass is 32.1. The zero-order valence-corrected chi connectivity index (χ0v) is 10.4. The van der Waals surface area contributed by atoms with Crippen LogP contribution in [0.25, 0.3) is 10.2 Å². The summed E-state index contributed by atoms with van der Waals surface area (Å²) in [5, 5.41) is 0.859. The summed E-state index contributed by atoms with van der Waals surface area (Å²) in [5.41, 5.74) is 1.64. The molecule has 0 fully saturated rings. The zero-order valence-electron chi connectivity index (χ0n) is 9.54. The lowest BCUT2D eigenvalue weighted by atomic mass is 10.1. The molecule has 0 saturated carbocycles. The number of para-hydroxylation sites is 1. The monoisotopic (exact) mass is 254 g/mol. The first-order valence-corrected chi connectivity index (χ1v) is 6.42. The molecule has 0 unspecified atom stereocenters. The number of aromatic nitrogens is 2. The summed E-state index contributed by atoms with van der Waals surface area (Å²) >= 11 is 1.57. The number of nitrogens with zero attached hydrogens (tertiary/aromatic N) is 2. The van der Waals surface area contributed by atoms with E-state index in [1.54, 1.807) is 35.9 Å². The second kappa shape index (κ2) is 4.66. The van der Waals surface area contributed by atoms with E-state index >= 15 is 0 Å². The van der Waals surface area contributed by atoms with E-state index in [0.29, 0.717) is 12.0 Å². The van der Waals surface area contributed by atoms with Gasteiger partial charge in [-0.1, -0.05) is 12.1 Å². The lowest BCUT2D eigenvalue weighted by molar-refractivity contribution is 0.0993. The predicted octanol–water partition coefficient (Wildman–Crippen LogP) is 3.12. The smallest absolute Gasteiger partial charge is 0.169 e. The summed E-state index contributed by atoms with van der Waals surface area (Å²) in [4.78, 5) is 20.4. The topological polar surface area (TPSA) is 42.9 Å². The van der Waals surface area contributed by atoms with Crippen molar-refractivity contribution in [2.45, 2.75) is 6.42 Å². The Bertz CT molecular complexity index is 658. The van der Waals surface area contributed by atoms with Crippen LogP contribution in [0.5, 0.6) is 0 Å². The number of pyridine rings is 1. The van der Waals surface area contributed by atoms with E-state index in [1.807, 2.05) is 24.3 Å². The molecule has 4 heteroatoms. The van der Waals surface area contributed by atoms with Crippen LogP contribution in [0.15, 0.2) is 48.8 Å². The molecule has 0 aliphatic heterocycles. The minimum atomic E-state index is 0.0801. The Labute approximate surface area is 108 Å². The number of ketones is 1. The van der Waals surface area contributed by atoms with Gasteiger partial charge in [0.15, 0.2) is 5.78 Å². The maximum absolute atomic E-state index is 12.0. The van der Waals surface area contributed by atoms with Crippen molar-refractivity contribution in [3.05, 3.63) is 59.4 Å². The van der Waals surface area contributed by atoms with Crippen LogP contribution in [0.3, 0.4) is 0 Å². The van der Waals surface area contributed by atoms with E-state index in [-0.39, 0.29) is 5.78 Å². The Balaban J connectivity index is 1.86. The highest BCUT2D eigenvalue weighted by Crippen LogP contribution is 2.22. The van der Waals surface area contributed by atoms with Gasteiger partial charge >= 0.3 is 0 Å². The molecule has 2 aromatic heterocycles. The largest absolute Gasteiger partial charge is 0.294 e. The van der Waals surface area contributed by atoms with E-state index < -0.39 is 0 Å². The van der Waals surface area contributed by atoms with Crippen LogP contribution in [-0.4, -0.2) is 15.8 Å². The van der Waals surface area contributed by atoms with Crippen LogP contribution in [0.2, 0.25) is 0 Å². The van der Waals surface area contributed by atoms with E-state index in [1.165, 1.54) is 0 Å². The minimum Gasteiger partial charge on any atom is -0.294 e. The van der Waals surface area contributed by atoms with Crippen molar-refractivity contribution in [2.75, 3.05) is 0 Å². The molecule has 0 N–H and O–H groups in total. The SMILES string of the molecule is O=C(Cc1nc2ccccc2s1)c1ccncc1. The number of carbonyl (C=O) groups excluding carboxylic acids is 1. The molecule has 0 atom stereocenters. The molecule has 0 saturated heterocycles. The standard InChI is InChI=1S/C14H10N2OS/c17-12(10-5-7-15-8-6-10)9-14-16-11-3-1-2-4-13(11)18-14/h1-8H,9H2. The number of carbonyl (C=O) groups is 1. The molecule has 3 nitrogen and oxygen atoms in total. The first kappa shape index (κ1) is 11.0. The minimum absolute atomic E-state index is 0.0801. The number of fused-ring (bicyclic) bond motifs is 1. The Morgan fingerprint density at radius 2 is 1.89 bits per heavy atom. The lowest BCUT2D eigenvalue weighted by Gasteiger charge is -1.96. The van der Waals surface area contributed by atoms with Crippen LogP contribution in [0.4, 0.5) is 0 Å². The Morgan fingerprint density at radius 3 is 2.67 bits per heavy atom. The predicted molar refractivity (Wildman–Crippen MR) is 71.9 cm³/mol. The third kappa shape index (κ3) is 2.15. The van der Waals surface area contributed by atoms with Crippen molar-refractivity contribution in [2.24, 2.45) is 0 Å². The van der Waals surface area contributed by atoms with E-state index in [2.05, 4.69) is 9.97 Å². The Hall–Kier alpha value is -2.07. The van der Waals surface area contributed by atoms with Gasteiger partial charge in [-0.3, -0.25) is 9.78 Å². The van der Waals surface area contributed by atoms with Gasteiger partial charge in [-0.05, 0) is 24.3 Å². The maximum atomic E-state index is 12.0. The van der Waals surface area contributed by atoms with Gasteiger partial charge in [-0.25, -0.2) is 4.98 Å². The van der Waals surface area contributed by atoms with Crippen molar-refractivity contribution in [3.63, 3.8) is 0 Å². The van der Waals surface area contributed by atoms with Crippen molar-refractivity contribution in [3.8, 4) is 0 Å². The van der Waals surface area contributed by atoms with Crippen LogP contribution in [-0.2, 0) is 6.42 Å². The van der Waals surface area contributed by atoms with Gasteiger partial charge < -0.3 is 0 Å². The van der Waals surface area contributed by atoms with Gasteiger partial charge in [0.2, 0.25) is 0 Å². The highest BCUT2D eigenvalue weighted by Gasteiger charge is 2.10. The van der Waals surface area contributed by atoms with Gasteiger partial charge in [0.1, 0.15) is 5.01 Å². The number of thiazole rings is 1. The van der Waals surface area contributed by atoms with E-state index in [0.717, 1.165) is 15.2 Å². The van der Waals surface area contributed by atoms with Crippen LogP contribution < -0.4 is 0 Å². The van der Waals surface area contributed by atoms with Gasteiger partial charge in [0.25, 0.3) is 0 Å². The Morgan fingerprint density at radius 1 is 1.11 bits per heavy atom. The van der Waals surface area contributed by atoms with Gasteiger partial charge in [0.05, 0.1) is 16.6 Å². The molecule has 0 spiro atoms. The second-order valence-corrected chi connectivity index (χ2v) is 5.03.